The number of aromatic nitrogens is 2. The Labute approximate surface area is 226 Å². The minimum absolute atomic E-state index is 0.248. The van der Waals surface area contributed by atoms with E-state index >= 15 is 0 Å². The van der Waals surface area contributed by atoms with Crippen molar-refractivity contribution in [2.45, 2.75) is 44.2 Å². The molecule has 1 amide bonds. The second-order valence-corrected chi connectivity index (χ2v) is 9.87. The van der Waals surface area contributed by atoms with Gasteiger partial charge in [-0.1, -0.05) is 18.6 Å². The fourth-order valence-corrected chi connectivity index (χ4v) is 4.91. The second-order valence-electron chi connectivity index (χ2n) is 9.87. The Hall–Kier alpha value is -3.86. The summed E-state index contributed by atoms with van der Waals surface area (Å²) in [6, 6.07) is 12.9. The summed E-state index contributed by atoms with van der Waals surface area (Å²) in [5.41, 5.74) is 14.9. The summed E-state index contributed by atoms with van der Waals surface area (Å²) in [7, 11) is 0. The predicted molar refractivity (Wildman–Crippen MR) is 150 cm³/mol. The average Bonchev–Trinajstić information content (AvgIpc) is 3.34. The molecule has 2 aromatic heterocycles. The van der Waals surface area contributed by atoms with Gasteiger partial charge in [0.05, 0.1) is 17.5 Å². The van der Waals surface area contributed by atoms with Crippen molar-refractivity contribution >= 4 is 28.5 Å². The highest BCUT2D eigenvalue weighted by Gasteiger charge is 2.27. The van der Waals surface area contributed by atoms with E-state index in [0.29, 0.717) is 61.9 Å². The first-order chi connectivity index (χ1) is 18.9. The molecule has 0 unspecified atom stereocenters. The molecule has 0 saturated carbocycles. The normalized spacial score (nSPS) is 15.0. The number of hydrogen-bond acceptors (Lipinski definition) is 8. The molecule has 0 spiro atoms. The standard InChI is InChI=1S/C29H33FN6O3/c30-20-8-4-18(5-9-20)24-25-27(36-15-12-22(37)13-16-36)33-17-34-29(25)39-26(24)19-6-10-21(11-7-19)35-28(38)23(32)3-1-2-14-31/h4-11,17,22-23,37H,1-3,12-16,31-32H2,(H,35,38)/t23-/m0/s1. The van der Waals surface area contributed by atoms with Crippen LogP contribution in [0.25, 0.3) is 33.6 Å². The summed E-state index contributed by atoms with van der Waals surface area (Å²) in [6.45, 7) is 1.88. The number of furan rings is 1. The number of fused-ring (bicyclic) bond motifs is 1. The van der Waals surface area contributed by atoms with Gasteiger partial charge < -0.3 is 31.2 Å². The minimum Gasteiger partial charge on any atom is -0.437 e. The number of aliphatic hydroxyl groups excluding tert-OH is 1. The Balaban J connectivity index is 1.50. The smallest absolute Gasteiger partial charge is 0.241 e. The molecule has 1 atom stereocenters. The number of carbonyl (C=O) groups is 1. The third kappa shape index (κ3) is 5.93. The van der Waals surface area contributed by atoms with Crippen molar-refractivity contribution in [1.82, 2.24) is 9.97 Å². The molecule has 39 heavy (non-hydrogen) atoms. The number of carbonyl (C=O) groups excluding carboxylic acids is 1. The maximum Gasteiger partial charge on any atom is 0.241 e. The number of anilines is 2. The van der Waals surface area contributed by atoms with Crippen LogP contribution in [0.3, 0.4) is 0 Å². The molecular formula is C29H33FN6O3. The number of halogens is 1. The summed E-state index contributed by atoms with van der Waals surface area (Å²) >= 11 is 0. The lowest BCUT2D eigenvalue weighted by molar-refractivity contribution is -0.117. The SMILES string of the molecule is NCCCC[C@H](N)C(=O)Nc1ccc(-c2oc3ncnc(N4CCC(O)CC4)c3c2-c2ccc(F)cc2)cc1. The second kappa shape index (κ2) is 11.9. The maximum atomic E-state index is 13.8. The monoisotopic (exact) mass is 532 g/mol. The summed E-state index contributed by atoms with van der Waals surface area (Å²) in [5, 5.41) is 13.6. The first-order valence-corrected chi connectivity index (χ1v) is 13.3. The van der Waals surface area contributed by atoms with Crippen LogP contribution in [0, 0.1) is 5.82 Å². The zero-order valence-electron chi connectivity index (χ0n) is 21.6. The van der Waals surface area contributed by atoms with Gasteiger partial charge in [0.15, 0.2) is 0 Å². The molecule has 0 bridgehead atoms. The van der Waals surface area contributed by atoms with Crippen LogP contribution in [0.1, 0.15) is 32.1 Å². The Kier molecular flexibility index (Phi) is 8.16. The Morgan fingerprint density at radius 3 is 2.46 bits per heavy atom. The molecule has 0 aliphatic carbocycles. The van der Waals surface area contributed by atoms with Gasteiger partial charge in [-0.15, -0.1) is 0 Å². The van der Waals surface area contributed by atoms with Crippen LogP contribution in [-0.2, 0) is 4.79 Å². The molecule has 6 N–H and O–H groups in total. The molecule has 204 valence electrons. The van der Waals surface area contributed by atoms with Crippen molar-refractivity contribution in [1.29, 1.82) is 0 Å². The molecule has 1 saturated heterocycles. The van der Waals surface area contributed by atoms with E-state index in [-0.39, 0.29) is 17.8 Å². The molecule has 1 aliphatic rings. The van der Waals surface area contributed by atoms with Crippen LogP contribution in [0.15, 0.2) is 59.3 Å². The fraction of sp³-hybridized carbons (Fsp3) is 0.345. The van der Waals surface area contributed by atoms with Gasteiger partial charge in [0.1, 0.15) is 23.7 Å². The van der Waals surface area contributed by atoms with Gasteiger partial charge in [-0.3, -0.25) is 4.79 Å². The van der Waals surface area contributed by atoms with Gasteiger partial charge in [-0.2, -0.15) is 0 Å². The van der Waals surface area contributed by atoms with Crippen molar-refractivity contribution in [3.8, 4) is 22.5 Å². The van der Waals surface area contributed by atoms with Crippen LogP contribution >= 0.6 is 0 Å². The van der Waals surface area contributed by atoms with E-state index in [1.165, 1.54) is 18.5 Å². The molecular weight excluding hydrogens is 499 g/mol. The summed E-state index contributed by atoms with van der Waals surface area (Å²) < 4.78 is 20.1. The van der Waals surface area contributed by atoms with E-state index in [9.17, 15) is 14.3 Å². The average molecular weight is 533 g/mol. The lowest BCUT2D eigenvalue weighted by Gasteiger charge is -2.30. The zero-order chi connectivity index (χ0) is 27.4. The summed E-state index contributed by atoms with van der Waals surface area (Å²) in [6.07, 6.45) is 4.63. The molecule has 1 aliphatic heterocycles. The Morgan fingerprint density at radius 2 is 1.77 bits per heavy atom. The fourth-order valence-electron chi connectivity index (χ4n) is 4.91. The molecule has 1 fully saturated rings. The number of nitrogens with one attached hydrogen (secondary N) is 1. The van der Waals surface area contributed by atoms with E-state index in [0.717, 1.165) is 34.9 Å². The highest BCUT2D eigenvalue weighted by atomic mass is 19.1. The third-order valence-electron chi connectivity index (χ3n) is 7.09. The van der Waals surface area contributed by atoms with Gasteiger partial charge >= 0.3 is 0 Å². The number of benzene rings is 2. The van der Waals surface area contributed by atoms with E-state index in [1.807, 2.05) is 12.1 Å². The number of rotatable bonds is 9. The van der Waals surface area contributed by atoms with Crippen molar-refractivity contribution in [3.63, 3.8) is 0 Å². The van der Waals surface area contributed by atoms with Gasteiger partial charge in [-0.05, 0) is 74.2 Å². The topological polar surface area (TPSA) is 144 Å². The molecule has 4 aromatic rings. The molecule has 2 aromatic carbocycles. The summed E-state index contributed by atoms with van der Waals surface area (Å²) in [4.78, 5) is 23.6. The van der Waals surface area contributed by atoms with Crippen LogP contribution in [0.5, 0.6) is 0 Å². The number of unbranched alkanes of at least 4 members (excludes halogenated alkanes) is 1. The molecule has 3 heterocycles. The predicted octanol–water partition coefficient (Wildman–Crippen LogP) is 4.05. The lowest BCUT2D eigenvalue weighted by atomic mass is 9.98. The van der Waals surface area contributed by atoms with Crippen LogP contribution in [0.2, 0.25) is 0 Å². The Bertz CT molecular complexity index is 1420. The van der Waals surface area contributed by atoms with Crippen molar-refractivity contribution < 1.29 is 18.7 Å². The first-order valence-electron chi connectivity index (χ1n) is 13.3. The Morgan fingerprint density at radius 1 is 1.08 bits per heavy atom. The third-order valence-corrected chi connectivity index (χ3v) is 7.09. The van der Waals surface area contributed by atoms with Crippen LogP contribution in [-0.4, -0.2) is 52.8 Å². The zero-order valence-corrected chi connectivity index (χ0v) is 21.6. The highest BCUT2D eigenvalue weighted by molar-refractivity contribution is 6.06. The maximum absolute atomic E-state index is 13.8. The van der Waals surface area contributed by atoms with Crippen molar-refractivity contribution in [2.75, 3.05) is 29.9 Å². The minimum atomic E-state index is -0.607. The van der Waals surface area contributed by atoms with E-state index in [1.54, 1.807) is 24.3 Å². The van der Waals surface area contributed by atoms with E-state index < -0.39 is 6.04 Å². The van der Waals surface area contributed by atoms with Crippen LogP contribution in [0.4, 0.5) is 15.9 Å². The molecule has 0 radical (unpaired) electrons. The number of hydrogen-bond donors (Lipinski definition) is 4. The number of piperidine rings is 1. The largest absolute Gasteiger partial charge is 0.437 e. The van der Waals surface area contributed by atoms with Gasteiger partial charge in [0.25, 0.3) is 0 Å². The number of aliphatic hydroxyl groups is 1. The van der Waals surface area contributed by atoms with Gasteiger partial charge in [0.2, 0.25) is 11.6 Å². The van der Waals surface area contributed by atoms with E-state index in [4.69, 9.17) is 15.9 Å². The molecule has 10 heteroatoms. The van der Waals surface area contributed by atoms with Crippen LogP contribution < -0.4 is 21.7 Å². The van der Waals surface area contributed by atoms with Crippen molar-refractivity contribution in [3.05, 3.63) is 60.7 Å². The van der Waals surface area contributed by atoms with Crippen molar-refractivity contribution in [2.24, 2.45) is 11.5 Å². The number of nitrogens with zero attached hydrogens (tertiary/aromatic N) is 3. The van der Waals surface area contributed by atoms with Gasteiger partial charge in [-0.25, -0.2) is 14.4 Å². The lowest BCUT2D eigenvalue weighted by Crippen LogP contribution is -2.36. The first kappa shape index (κ1) is 26.7. The highest BCUT2D eigenvalue weighted by Crippen LogP contribution is 2.44. The number of nitrogens with two attached hydrogens (primary N) is 2. The molecule has 9 nitrogen and oxygen atoms in total. The van der Waals surface area contributed by atoms with Gasteiger partial charge in [0, 0.05) is 29.9 Å². The number of amides is 1. The van der Waals surface area contributed by atoms with E-state index in [2.05, 4.69) is 20.2 Å². The molecule has 5 rings (SSSR count). The summed E-state index contributed by atoms with van der Waals surface area (Å²) in [5.74, 6) is 0.693. The quantitative estimate of drug-likeness (QED) is 0.236.